The van der Waals surface area contributed by atoms with Crippen molar-refractivity contribution in [1.29, 1.82) is 0 Å². The van der Waals surface area contributed by atoms with Crippen LogP contribution in [0.5, 0.6) is 11.5 Å². The molecule has 1 saturated heterocycles. The molecule has 2 aliphatic rings. The van der Waals surface area contributed by atoms with Crippen molar-refractivity contribution < 1.29 is 18.9 Å². The highest BCUT2D eigenvalue weighted by molar-refractivity contribution is 5.48. The van der Waals surface area contributed by atoms with Crippen molar-refractivity contribution >= 4 is 0 Å². The molecule has 0 radical (unpaired) electrons. The molecule has 5 nitrogen and oxygen atoms in total. The van der Waals surface area contributed by atoms with Crippen LogP contribution in [0.3, 0.4) is 0 Å². The Morgan fingerprint density at radius 1 is 1.12 bits per heavy atom. The molecule has 0 saturated carbocycles. The first-order valence-electron chi connectivity index (χ1n) is 8.47. The van der Waals surface area contributed by atoms with Gasteiger partial charge in [-0.05, 0) is 50.6 Å². The number of methoxy groups -OCH3 is 2. The number of hydrogen-bond donors (Lipinski definition) is 0. The lowest BCUT2D eigenvalue weighted by Gasteiger charge is -2.38. The maximum Gasteiger partial charge on any atom is 0.188 e. The summed E-state index contributed by atoms with van der Waals surface area (Å²) in [4.78, 5) is 2.48. The molecule has 5 heteroatoms. The second kappa shape index (κ2) is 7.55. The lowest BCUT2D eigenvalue weighted by molar-refractivity contribution is 0.0321. The van der Waals surface area contributed by atoms with Gasteiger partial charge in [0.15, 0.2) is 25.1 Å². The highest BCUT2D eigenvalue weighted by Crippen LogP contribution is 2.47. The Labute approximate surface area is 144 Å². The Balaban J connectivity index is 1.95. The monoisotopic (exact) mass is 333 g/mol. The number of likely N-dealkylation sites (N-methyl/N-ethyl adjacent to an activating group) is 1. The first kappa shape index (κ1) is 17.3. The Morgan fingerprint density at radius 3 is 2.62 bits per heavy atom. The predicted octanol–water partition coefficient (Wildman–Crippen LogP) is 2.94. The molecule has 1 aromatic rings. The van der Waals surface area contributed by atoms with E-state index in [1.807, 2.05) is 6.07 Å². The van der Waals surface area contributed by atoms with Gasteiger partial charge in [0.05, 0.1) is 0 Å². The van der Waals surface area contributed by atoms with E-state index >= 15 is 0 Å². The van der Waals surface area contributed by atoms with Crippen LogP contribution in [0.15, 0.2) is 30.4 Å². The van der Waals surface area contributed by atoms with Gasteiger partial charge in [-0.25, -0.2) is 0 Å². The van der Waals surface area contributed by atoms with Crippen LogP contribution in [-0.2, 0) is 14.9 Å². The van der Waals surface area contributed by atoms with Crippen molar-refractivity contribution in [3.8, 4) is 11.5 Å². The zero-order chi connectivity index (χ0) is 17.0. The molecule has 24 heavy (non-hydrogen) atoms. The number of ether oxygens (including phenoxy) is 4. The summed E-state index contributed by atoms with van der Waals surface area (Å²) in [7, 11) is 5.45. The van der Waals surface area contributed by atoms with Gasteiger partial charge in [-0.3, -0.25) is 0 Å². The number of nitrogens with zero attached hydrogens (tertiary/aromatic N) is 1. The maximum atomic E-state index is 5.75. The molecule has 1 heterocycles. The highest BCUT2D eigenvalue weighted by atomic mass is 16.7. The van der Waals surface area contributed by atoms with Crippen LogP contribution in [0.1, 0.15) is 24.8 Å². The minimum Gasteiger partial charge on any atom is -0.464 e. The number of fused-ring (bicyclic) bond motifs is 1. The summed E-state index contributed by atoms with van der Waals surface area (Å²) in [5.74, 6) is 1.38. The lowest BCUT2D eigenvalue weighted by atomic mass is 9.70. The maximum absolute atomic E-state index is 5.75. The van der Waals surface area contributed by atoms with Crippen LogP contribution in [0.4, 0.5) is 0 Å². The van der Waals surface area contributed by atoms with E-state index in [9.17, 15) is 0 Å². The zero-order valence-electron chi connectivity index (χ0n) is 14.8. The van der Waals surface area contributed by atoms with Gasteiger partial charge < -0.3 is 23.8 Å². The molecule has 0 amide bonds. The van der Waals surface area contributed by atoms with E-state index in [4.69, 9.17) is 18.9 Å². The molecule has 0 aromatic heterocycles. The van der Waals surface area contributed by atoms with Gasteiger partial charge >= 0.3 is 0 Å². The smallest absolute Gasteiger partial charge is 0.188 e. The lowest BCUT2D eigenvalue weighted by Crippen LogP contribution is -2.41. The van der Waals surface area contributed by atoms with Gasteiger partial charge in [0.2, 0.25) is 0 Å². The number of benzene rings is 1. The Bertz CT molecular complexity index is 589. The molecule has 132 valence electrons. The average Bonchev–Trinajstić information content (AvgIpc) is 2.97. The molecule has 1 fully saturated rings. The fourth-order valence-corrected chi connectivity index (χ4v) is 4.00. The Kier molecular flexibility index (Phi) is 5.43. The van der Waals surface area contributed by atoms with E-state index < -0.39 is 0 Å². The van der Waals surface area contributed by atoms with Crippen LogP contribution in [-0.4, -0.2) is 52.3 Å². The Hall–Kier alpha value is -1.56. The second-order valence-corrected chi connectivity index (χ2v) is 6.53. The Morgan fingerprint density at radius 2 is 1.88 bits per heavy atom. The van der Waals surface area contributed by atoms with Crippen molar-refractivity contribution in [2.24, 2.45) is 0 Å². The first-order chi connectivity index (χ1) is 11.7. The fourth-order valence-electron chi connectivity index (χ4n) is 4.00. The minimum absolute atomic E-state index is 0.0674. The van der Waals surface area contributed by atoms with E-state index in [1.165, 1.54) is 12.0 Å². The van der Waals surface area contributed by atoms with Gasteiger partial charge in [0.1, 0.15) is 0 Å². The van der Waals surface area contributed by atoms with Crippen molar-refractivity contribution in [2.45, 2.75) is 30.7 Å². The van der Waals surface area contributed by atoms with Crippen LogP contribution >= 0.6 is 0 Å². The van der Waals surface area contributed by atoms with Crippen LogP contribution < -0.4 is 9.47 Å². The topological polar surface area (TPSA) is 40.2 Å². The standard InChI is InChI=1S/C19H27NO4/c1-20-11-10-19(9-5-4-6-18(19)20)15-7-8-16(23-13-21-2)17(12-15)24-14-22-3/h5,7-9,12,18H,4,6,10-11,13-14H2,1-3H3/t18-,19-/m0/s1. The van der Waals surface area contributed by atoms with Gasteiger partial charge in [-0.15, -0.1) is 0 Å². The third kappa shape index (κ3) is 3.16. The van der Waals surface area contributed by atoms with Gasteiger partial charge in [-0.2, -0.15) is 0 Å². The third-order valence-corrected chi connectivity index (χ3v) is 5.17. The minimum atomic E-state index is 0.0674. The molecule has 0 bridgehead atoms. The van der Waals surface area contributed by atoms with Crippen LogP contribution in [0.25, 0.3) is 0 Å². The molecular formula is C19H27NO4. The molecule has 0 spiro atoms. The van der Waals surface area contributed by atoms with E-state index in [0.717, 1.165) is 19.4 Å². The molecule has 2 atom stereocenters. The van der Waals surface area contributed by atoms with Crippen LogP contribution in [0.2, 0.25) is 0 Å². The van der Waals surface area contributed by atoms with Gasteiger partial charge in [-0.1, -0.05) is 18.2 Å². The van der Waals surface area contributed by atoms with Crippen molar-refractivity contribution in [2.75, 3.05) is 41.4 Å². The van der Waals surface area contributed by atoms with E-state index in [0.29, 0.717) is 17.5 Å². The normalized spacial score (nSPS) is 26.4. The number of hydrogen-bond acceptors (Lipinski definition) is 5. The third-order valence-electron chi connectivity index (χ3n) is 5.17. The van der Waals surface area contributed by atoms with Crippen molar-refractivity contribution in [1.82, 2.24) is 4.90 Å². The summed E-state index contributed by atoms with van der Waals surface area (Å²) in [5.41, 5.74) is 1.35. The SMILES string of the molecule is COCOc1ccc([C@@]23C=CCC[C@@H]2N(C)CC3)cc1OCOC. The molecule has 1 aliphatic carbocycles. The molecule has 3 rings (SSSR count). The quantitative estimate of drug-likeness (QED) is 0.567. The predicted molar refractivity (Wildman–Crippen MR) is 92.5 cm³/mol. The van der Waals surface area contributed by atoms with Crippen molar-refractivity contribution in [3.63, 3.8) is 0 Å². The molecule has 0 N–H and O–H groups in total. The fraction of sp³-hybridized carbons (Fsp3) is 0.579. The van der Waals surface area contributed by atoms with Crippen LogP contribution in [0, 0.1) is 0 Å². The number of allylic oxidation sites excluding steroid dienone is 1. The van der Waals surface area contributed by atoms with Gasteiger partial charge in [0, 0.05) is 25.7 Å². The summed E-state index contributed by atoms with van der Waals surface area (Å²) >= 11 is 0. The molecule has 0 unspecified atom stereocenters. The second-order valence-electron chi connectivity index (χ2n) is 6.53. The largest absolute Gasteiger partial charge is 0.464 e. The summed E-state index contributed by atoms with van der Waals surface area (Å²) in [5, 5.41) is 0. The highest BCUT2D eigenvalue weighted by Gasteiger charge is 2.46. The van der Waals surface area contributed by atoms with Crippen molar-refractivity contribution in [3.05, 3.63) is 35.9 Å². The summed E-state index contributed by atoms with van der Waals surface area (Å²) < 4.78 is 21.4. The van der Waals surface area contributed by atoms with E-state index in [-0.39, 0.29) is 19.0 Å². The average molecular weight is 333 g/mol. The zero-order valence-corrected chi connectivity index (χ0v) is 14.8. The number of rotatable bonds is 7. The molecule has 1 aromatic carbocycles. The number of likely N-dealkylation sites (tertiary alicyclic amines) is 1. The van der Waals surface area contributed by atoms with E-state index in [1.54, 1.807) is 14.2 Å². The first-order valence-corrected chi connectivity index (χ1v) is 8.47. The van der Waals surface area contributed by atoms with E-state index in [2.05, 4.69) is 36.2 Å². The summed E-state index contributed by atoms with van der Waals surface area (Å²) in [6, 6.07) is 6.79. The molecular weight excluding hydrogens is 306 g/mol. The molecule has 1 aliphatic heterocycles. The summed E-state index contributed by atoms with van der Waals surface area (Å²) in [6.45, 7) is 1.50. The summed E-state index contributed by atoms with van der Waals surface area (Å²) in [6.07, 6.45) is 8.20. The van der Waals surface area contributed by atoms with Gasteiger partial charge in [0.25, 0.3) is 0 Å².